The fourth-order valence-corrected chi connectivity index (χ4v) is 2.81. The van der Waals surface area contributed by atoms with Gasteiger partial charge in [0.15, 0.2) is 0 Å². The minimum absolute atomic E-state index is 0.0762. The number of morpholine rings is 1. The summed E-state index contributed by atoms with van der Waals surface area (Å²) in [5.41, 5.74) is 0.566. The van der Waals surface area contributed by atoms with Crippen molar-refractivity contribution in [1.82, 2.24) is 10.2 Å². The quantitative estimate of drug-likeness (QED) is 0.839. The molecule has 1 saturated heterocycles. The number of nitrogens with one attached hydrogen (secondary N) is 1. The molecule has 0 aliphatic carbocycles. The lowest BCUT2D eigenvalue weighted by molar-refractivity contribution is -0.143. The van der Waals surface area contributed by atoms with Gasteiger partial charge in [-0.3, -0.25) is 9.59 Å². The van der Waals surface area contributed by atoms with Gasteiger partial charge in [0.25, 0.3) is 5.91 Å². The standard InChI is InChI=1S/C17H23ClN2O3/c1-12-10-20(11-13(2)23-12)16(21)4-3-9-19-17(22)14-5-7-15(18)8-6-14/h5-8,12-13H,3-4,9-11H2,1-2H3,(H,19,22)/t12-,13-/m1/s1. The number of rotatable bonds is 5. The molecule has 0 bridgehead atoms. The van der Waals surface area contributed by atoms with Gasteiger partial charge in [-0.1, -0.05) is 11.6 Å². The van der Waals surface area contributed by atoms with Gasteiger partial charge in [-0.05, 0) is 44.5 Å². The van der Waals surface area contributed by atoms with Crippen LogP contribution in [0.15, 0.2) is 24.3 Å². The summed E-state index contributed by atoms with van der Waals surface area (Å²) in [5, 5.41) is 3.42. The molecule has 6 heteroatoms. The van der Waals surface area contributed by atoms with E-state index >= 15 is 0 Å². The Hall–Kier alpha value is -1.59. The minimum atomic E-state index is -0.150. The molecule has 2 amide bonds. The molecule has 2 atom stereocenters. The molecule has 126 valence electrons. The number of benzene rings is 1. The van der Waals surface area contributed by atoms with Gasteiger partial charge >= 0.3 is 0 Å². The Bertz CT molecular complexity index is 537. The molecule has 1 fully saturated rings. The van der Waals surface area contributed by atoms with Crippen molar-refractivity contribution >= 4 is 23.4 Å². The Morgan fingerprint density at radius 2 is 1.83 bits per heavy atom. The lowest BCUT2D eigenvalue weighted by atomic mass is 10.2. The largest absolute Gasteiger partial charge is 0.372 e. The lowest BCUT2D eigenvalue weighted by Gasteiger charge is -2.35. The van der Waals surface area contributed by atoms with Crippen LogP contribution < -0.4 is 5.32 Å². The van der Waals surface area contributed by atoms with Crippen molar-refractivity contribution < 1.29 is 14.3 Å². The molecule has 1 aromatic rings. The van der Waals surface area contributed by atoms with Gasteiger partial charge in [0.05, 0.1) is 12.2 Å². The van der Waals surface area contributed by atoms with Crippen LogP contribution in [-0.2, 0) is 9.53 Å². The van der Waals surface area contributed by atoms with Crippen LogP contribution in [0.4, 0.5) is 0 Å². The van der Waals surface area contributed by atoms with Gasteiger partial charge in [-0.2, -0.15) is 0 Å². The van der Waals surface area contributed by atoms with Crippen molar-refractivity contribution in [2.24, 2.45) is 0 Å². The molecule has 0 aromatic heterocycles. The molecule has 0 spiro atoms. The third kappa shape index (κ3) is 5.52. The van der Waals surface area contributed by atoms with E-state index in [4.69, 9.17) is 16.3 Å². The molecule has 0 radical (unpaired) electrons. The molecule has 1 N–H and O–H groups in total. The maximum atomic E-state index is 12.2. The summed E-state index contributed by atoms with van der Waals surface area (Å²) in [5.74, 6) is -0.0320. The Balaban J connectivity index is 1.69. The first-order chi connectivity index (χ1) is 11.0. The summed E-state index contributed by atoms with van der Waals surface area (Å²) in [6, 6.07) is 6.72. The first kappa shape index (κ1) is 17.8. The fourth-order valence-electron chi connectivity index (χ4n) is 2.68. The van der Waals surface area contributed by atoms with Crippen molar-refractivity contribution in [2.45, 2.75) is 38.9 Å². The van der Waals surface area contributed by atoms with Crippen LogP contribution in [0.1, 0.15) is 37.0 Å². The second-order valence-electron chi connectivity index (χ2n) is 5.92. The van der Waals surface area contributed by atoms with E-state index in [9.17, 15) is 9.59 Å². The van der Waals surface area contributed by atoms with E-state index in [0.29, 0.717) is 43.1 Å². The predicted octanol–water partition coefficient (Wildman–Crippen LogP) is 2.49. The molecular weight excluding hydrogens is 316 g/mol. The number of hydrogen-bond acceptors (Lipinski definition) is 3. The third-order valence-electron chi connectivity index (χ3n) is 3.73. The maximum absolute atomic E-state index is 12.2. The number of hydrogen-bond donors (Lipinski definition) is 1. The molecular formula is C17H23ClN2O3. The van der Waals surface area contributed by atoms with Crippen LogP contribution in [0.3, 0.4) is 0 Å². The highest BCUT2D eigenvalue weighted by Gasteiger charge is 2.25. The number of amides is 2. The number of halogens is 1. The van der Waals surface area contributed by atoms with Crippen LogP contribution in [0.2, 0.25) is 5.02 Å². The van der Waals surface area contributed by atoms with Crippen molar-refractivity contribution in [3.8, 4) is 0 Å². The smallest absolute Gasteiger partial charge is 0.251 e. The van der Waals surface area contributed by atoms with Crippen LogP contribution in [0, 0.1) is 0 Å². The van der Waals surface area contributed by atoms with Crippen molar-refractivity contribution in [3.05, 3.63) is 34.9 Å². The molecule has 1 aliphatic rings. The first-order valence-corrected chi connectivity index (χ1v) is 8.30. The number of ether oxygens (including phenoxy) is 1. The van der Waals surface area contributed by atoms with Crippen molar-refractivity contribution in [3.63, 3.8) is 0 Å². The molecule has 1 heterocycles. The second kappa shape index (κ2) is 8.31. The maximum Gasteiger partial charge on any atom is 0.251 e. The van der Waals surface area contributed by atoms with Gasteiger partial charge < -0.3 is 15.0 Å². The summed E-state index contributed by atoms with van der Waals surface area (Å²) in [7, 11) is 0. The van der Waals surface area contributed by atoms with Crippen molar-refractivity contribution in [2.75, 3.05) is 19.6 Å². The number of carbonyl (C=O) groups excluding carboxylic acids is 2. The zero-order valence-electron chi connectivity index (χ0n) is 13.5. The number of carbonyl (C=O) groups is 2. The molecule has 5 nitrogen and oxygen atoms in total. The summed E-state index contributed by atoms with van der Waals surface area (Å²) >= 11 is 5.79. The Kier molecular flexibility index (Phi) is 6.42. The van der Waals surface area contributed by atoms with Crippen LogP contribution in [0.25, 0.3) is 0 Å². The minimum Gasteiger partial charge on any atom is -0.372 e. The van der Waals surface area contributed by atoms with E-state index in [1.807, 2.05) is 18.7 Å². The highest BCUT2D eigenvalue weighted by molar-refractivity contribution is 6.30. The molecule has 23 heavy (non-hydrogen) atoms. The summed E-state index contributed by atoms with van der Waals surface area (Å²) in [4.78, 5) is 26.0. The van der Waals surface area contributed by atoms with Crippen molar-refractivity contribution in [1.29, 1.82) is 0 Å². The molecule has 1 aliphatic heterocycles. The second-order valence-corrected chi connectivity index (χ2v) is 6.36. The van der Waals surface area contributed by atoms with E-state index in [-0.39, 0.29) is 24.0 Å². The van der Waals surface area contributed by atoms with Crippen LogP contribution in [0.5, 0.6) is 0 Å². The molecule has 1 aromatic carbocycles. The zero-order chi connectivity index (χ0) is 16.8. The average Bonchev–Trinajstić information content (AvgIpc) is 2.50. The predicted molar refractivity (Wildman–Crippen MR) is 89.6 cm³/mol. The highest BCUT2D eigenvalue weighted by atomic mass is 35.5. The number of nitrogens with zero attached hydrogens (tertiary/aromatic N) is 1. The van der Waals surface area contributed by atoms with Crippen LogP contribution >= 0.6 is 11.6 Å². The average molecular weight is 339 g/mol. The van der Waals surface area contributed by atoms with Gasteiger partial charge in [0, 0.05) is 36.6 Å². The SMILES string of the molecule is C[C@@H]1CN(C(=O)CCCNC(=O)c2ccc(Cl)cc2)C[C@@H](C)O1. The van der Waals surface area contributed by atoms with Gasteiger partial charge in [-0.25, -0.2) is 0 Å². The van der Waals surface area contributed by atoms with E-state index in [0.717, 1.165) is 0 Å². The zero-order valence-corrected chi connectivity index (χ0v) is 14.3. The summed E-state index contributed by atoms with van der Waals surface area (Å²) in [6.45, 7) is 5.70. The van der Waals surface area contributed by atoms with Crippen LogP contribution in [-0.4, -0.2) is 48.6 Å². The van der Waals surface area contributed by atoms with Gasteiger partial charge in [0.2, 0.25) is 5.91 Å². The van der Waals surface area contributed by atoms with Gasteiger partial charge in [-0.15, -0.1) is 0 Å². The summed E-state index contributed by atoms with van der Waals surface area (Å²) < 4.78 is 5.62. The Morgan fingerprint density at radius 3 is 2.43 bits per heavy atom. The molecule has 2 rings (SSSR count). The lowest BCUT2D eigenvalue weighted by Crippen LogP contribution is -2.48. The topological polar surface area (TPSA) is 58.6 Å². The Morgan fingerprint density at radius 1 is 1.22 bits per heavy atom. The summed E-state index contributed by atoms with van der Waals surface area (Å²) in [6.07, 6.45) is 1.21. The Labute approximate surface area is 141 Å². The highest BCUT2D eigenvalue weighted by Crippen LogP contribution is 2.12. The van der Waals surface area contributed by atoms with E-state index < -0.39 is 0 Å². The van der Waals surface area contributed by atoms with E-state index in [1.54, 1.807) is 24.3 Å². The molecule has 0 unspecified atom stereocenters. The monoisotopic (exact) mass is 338 g/mol. The first-order valence-electron chi connectivity index (χ1n) is 7.92. The van der Waals surface area contributed by atoms with E-state index in [1.165, 1.54) is 0 Å². The van der Waals surface area contributed by atoms with Gasteiger partial charge in [0.1, 0.15) is 0 Å². The normalized spacial score (nSPS) is 21.1. The molecule has 0 saturated carbocycles. The third-order valence-corrected chi connectivity index (χ3v) is 3.98. The van der Waals surface area contributed by atoms with E-state index in [2.05, 4.69) is 5.32 Å². The fraction of sp³-hybridized carbons (Fsp3) is 0.529.